The predicted molar refractivity (Wildman–Crippen MR) is 52.5 cm³/mol. The number of carbonyl (C=O) groups is 1. The number of aromatic amines is 1. The van der Waals surface area contributed by atoms with Crippen LogP contribution in [0.2, 0.25) is 0 Å². The van der Waals surface area contributed by atoms with E-state index in [1.807, 2.05) is 6.92 Å². The SMILES string of the molecule is CCCC(C)(N)C(=O)Nc1ncn[nH]1. The zero-order chi connectivity index (χ0) is 10.6. The van der Waals surface area contributed by atoms with E-state index in [0.29, 0.717) is 12.4 Å². The predicted octanol–water partition coefficient (Wildman–Crippen LogP) is 0.261. The van der Waals surface area contributed by atoms with Crippen molar-refractivity contribution in [3.05, 3.63) is 6.33 Å². The molecule has 0 bridgehead atoms. The summed E-state index contributed by atoms with van der Waals surface area (Å²) in [5.74, 6) is 0.0684. The lowest BCUT2D eigenvalue weighted by Gasteiger charge is -2.21. The van der Waals surface area contributed by atoms with Crippen LogP contribution in [0.3, 0.4) is 0 Å². The Balaban J connectivity index is 2.57. The molecule has 1 atom stereocenters. The molecule has 78 valence electrons. The molecule has 4 N–H and O–H groups in total. The molecule has 14 heavy (non-hydrogen) atoms. The monoisotopic (exact) mass is 197 g/mol. The number of rotatable bonds is 4. The van der Waals surface area contributed by atoms with Crippen LogP contribution in [0, 0.1) is 0 Å². The number of aromatic nitrogens is 3. The van der Waals surface area contributed by atoms with E-state index in [-0.39, 0.29) is 5.91 Å². The van der Waals surface area contributed by atoms with Crippen molar-refractivity contribution in [2.75, 3.05) is 5.32 Å². The van der Waals surface area contributed by atoms with Gasteiger partial charge in [-0.05, 0) is 13.3 Å². The Labute approximate surface area is 82.3 Å². The molecule has 1 amide bonds. The van der Waals surface area contributed by atoms with E-state index in [1.165, 1.54) is 6.33 Å². The van der Waals surface area contributed by atoms with Crippen LogP contribution < -0.4 is 11.1 Å². The van der Waals surface area contributed by atoms with Gasteiger partial charge in [0.2, 0.25) is 11.9 Å². The first kappa shape index (κ1) is 10.6. The summed E-state index contributed by atoms with van der Waals surface area (Å²) in [5, 5.41) is 8.70. The van der Waals surface area contributed by atoms with Gasteiger partial charge in [0.05, 0.1) is 5.54 Å². The van der Waals surface area contributed by atoms with Crippen molar-refractivity contribution >= 4 is 11.9 Å². The van der Waals surface area contributed by atoms with Gasteiger partial charge in [-0.3, -0.25) is 10.1 Å². The average Bonchev–Trinajstić information content (AvgIpc) is 2.56. The van der Waals surface area contributed by atoms with Crippen LogP contribution in [0.25, 0.3) is 0 Å². The van der Waals surface area contributed by atoms with Crippen LogP contribution in [-0.4, -0.2) is 26.6 Å². The third-order valence-electron chi connectivity index (χ3n) is 1.94. The van der Waals surface area contributed by atoms with Gasteiger partial charge in [0.15, 0.2) is 0 Å². The number of nitrogens with one attached hydrogen (secondary N) is 2. The Morgan fingerprint density at radius 3 is 3.00 bits per heavy atom. The number of anilines is 1. The van der Waals surface area contributed by atoms with E-state index in [1.54, 1.807) is 6.92 Å². The number of H-pyrrole nitrogens is 1. The minimum absolute atomic E-state index is 0.254. The molecule has 1 aromatic heterocycles. The minimum Gasteiger partial charge on any atom is -0.318 e. The first-order chi connectivity index (χ1) is 6.56. The zero-order valence-corrected chi connectivity index (χ0v) is 8.37. The summed E-state index contributed by atoms with van der Waals surface area (Å²) in [5.41, 5.74) is 4.95. The minimum atomic E-state index is -0.860. The summed E-state index contributed by atoms with van der Waals surface area (Å²) >= 11 is 0. The Morgan fingerprint density at radius 1 is 1.79 bits per heavy atom. The van der Waals surface area contributed by atoms with Crippen LogP contribution in [0.1, 0.15) is 26.7 Å². The lowest BCUT2D eigenvalue weighted by Crippen LogP contribution is -2.48. The Bertz CT molecular complexity index is 293. The molecule has 0 radical (unpaired) electrons. The Hall–Kier alpha value is -1.43. The van der Waals surface area contributed by atoms with Gasteiger partial charge < -0.3 is 5.73 Å². The fraction of sp³-hybridized carbons (Fsp3) is 0.625. The van der Waals surface area contributed by atoms with E-state index in [9.17, 15) is 4.79 Å². The number of hydrogen-bond acceptors (Lipinski definition) is 4. The van der Waals surface area contributed by atoms with Crippen molar-refractivity contribution in [2.45, 2.75) is 32.2 Å². The second-order valence-corrected chi connectivity index (χ2v) is 3.46. The zero-order valence-electron chi connectivity index (χ0n) is 8.37. The standard InChI is InChI=1S/C8H15N5O/c1-3-4-8(2,9)6(14)12-7-10-5-11-13-7/h5H,3-4,9H2,1-2H3,(H2,10,11,12,13,14). The van der Waals surface area contributed by atoms with E-state index in [0.717, 1.165) is 6.42 Å². The normalized spacial score (nSPS) is 14.8. The number of amides is 1. The summed E-state index contributed by atoms with van der Waals surface area (Å²) < 4.78 is 0. The lowest BCUT2D eigenvalue weighted by atomic mass is 9.97. The molecule has 6 nitrogen and oxygen atoms in total. The average molecular weight is 197 g/mol. The van der Waals surface area contributed by atoms with Crippen LogP contribution >= 0.6 is 0 Å². The Kier molecular flexibility index (Phi) is 3.19. The number of carbonyl (C=O) groups excluding carboxylic acids is 1. The summed E-state index contributed by atoms with van der Waals surface area (Å²) in [6, 6.07) is 0. The van der Waals surface area contributed by atoms with Gasteiger partial charge >= 0.3 is 0 Å². The molecule has 0 spiro atoms. The third kappa shape index (κ3) is 2.53. The second-order valence-electron chi connectivity index (χ2n) is 3.46. The second kappa shape index (κ2) is 4.19. The van der Waals surface area contributed by atoms with Gasteiger partial charge in [0.1, 0.15) is 6.33 Å². The maximum atomic E-state index is 11.6. The summed E-state index contributed by atoms with van der Waals surface area (Å²) in [6.07, 6.45) is 2.81. The first-order valence-electron chi connectivity index (χ1n) is 4.52. The number of hydrogen-bond donors (Lipinski definition) is 3. The number of nitrogens with zero attached hydrogens (tertiary/aromatic N) is 2. The molecule has 0 aliphatic rings. The van der Waals surface area contributed by atoms with Crippen molar-refractivity contribution in [3.8, 4) is 0 Å². The highest BCUT2D eigenvalue weighted by Gasteiger charge is 2.27. The first-order valence-corrected chi connectivity index (χ1v) is 4.52. The number of nitrogens with two attached hydrogens (primary N) is 1. The molecule has 0 aromatic carbocycles. The molecule has 1 heterocycles. The molecule has 1 rings (SSSR count). The maximum absolute atomic E-state index is 11.6. The molecule has 0 aliphatic heterocycles. The largest absolute Gasteiger partial charge is 0.318 e. The fourth-order valence-corrected chi connectivity index (χ4v) is 1.15. The molecule has 1 aromatic rings. The van der Waals surface area contributed by atoms with Gasteiger partial charge in [-0.1, -0.05) is 13.3 Å². The highest BCUT2D eigenvalue weighted by atomic mass is 16.2. The molecular weight excluding hydrogens is 182 g/mol. The third-order valence-corrected chi connectivity index (χ3v) is 1.94. The van der Waals surface area contributed by atoms with Crippen LogP contribution in [0.5, 0.6) is 0 Å². The highest BCUT2D eigenvalue weighted by molar-refractivity contribution is 5.96. The van der Waals surface area contributed by atoms with Crippen LogP contribution in [0.4, 0.5) is 5.95 Å². The fourth-order valence-electron chi connectivity index (χ4n) is 1.15. The van der Waals surface area contributed by atoms with Crippen molar-refractivity contribution in [3.63, 3.8) is 0 Å². The topological polar surface area (TPSA) is 96.7 Å². The Morgan fingerprint density at radius 2 is 2.50 bits per heavy atom. The maximum Gasteiger partial charge on any atom is 0.246 e. The summed E-state index contributed by atoms with van der Waals surface area (Å²) in [6.45, 7) is 3.68. The van der Waals surface area contributed by atoms with E-state index >= 15 is 0 Å². The van der Waals surface area contributed by atoms with Gasteiger partial charge in [-0.15, -0.1) is 0 Å². The van der Waals surface area contributed by atoms with Gasteiger partial charge in [0, 0.05) is 0 Å². The van der Waals surface area contributed by atoms with Gasteiger partial charge in [0.25, 0.3) is 0 Å². The molecule has 0 saturated heterocycles. The molecular formula is C8H15N5O. The van der Waals surface area contributed by atoms with E-state index in [2.05, 4.69) is 20.5 Å². The molecule has 6 heteroatoms. The van der Waals surface area contributed by atoms with Crippen molar-refractivity contribution in [1.29, 1.82) is 0 Å². The van der Waals surface area contributed by atoms with Crippen LogP contribution in [-0.2, 0) is 4.79 Å². The van der Waals surface area contributed by atoms with Crippen molar-refractivity contribution in [1.82, 2.24) is 15.2 Å². The van der Waals surface area contributed by atoms with Gasteiger partial charge in [-0.25, -0.2) is 5.10 Å². The summed E-state index contributed by atoms with van der Waals surface area (Å²) in [7, 11) is 0. The molecule has 0 saturated carbocycles. The van der Waals surface area contributed by atoms with E-state index in [4.69, 9.17) is 5.73 Å². The summed E-state index contributed by atoms with van der Waals surface area (Å²) in [4.78, 5) is 15.4. The van der Waals surface area contributed by atoms with E-state index < -0.39 is 5.54 Å². The molecule has 0 fully saturated rings. The van der Waals surface area contributed by atoms with Crippen LogP contribution in [0.15, 0.2) is 6.33 Å². The van der Waals surface area contributed by atoms with Crippen molar-refractivity contribution in [2.24, 2.45) is 5.73 Å². The van der Waals surface area contributed by atoms with Crippen molar-refractivity contribution < 1.29 is 4.79 Å². The lowest BCUT2D eigenvalue weighted by molar-refractivity contribution is -0.120. The van der Waals surface area contributed by atoms with Gasteiger partial charge in [-0.2, -0.15) is 10.1 Å². The smallest absolute Gasteiger partial charge is 0.246 e. The highest BCUT2D eigenvalue weighted by Crippen LogP contribution is 2.10. The quantitative estimate of drug-likeness (QED) is 0.645. The molecule has 1 unspecified atom stereocenters. The molecule has 0 aliphatic carbocycles.